The topological polar surface area (TPSA) is 67.9 Å². The lowest BCUT2D eigenvalue weighted by molar-refractivity contribution is -0.123. The van der Waals surface area contributed by atoms with Crippen molar-refractivity contribution < 1.29 is 19.1 Å². The second-order valence-electron chi connectivity index (χ2n) is 6.91. The highest BCUT2D eigenvalue weighted by molar-refractivity contribution is 6.14. The quantitative estimate of drug-likeness (QED) is 0.610. The van der Waals surface area contributed by atoms with Crippen molar-refractivity contribution in [1.82, 2.24) is 10.2 Å². The minimum atomic E-state index is -0.439. The lowest BCUT2D eigenvalue weighted by Gasteiger charge is -2.16. The Kier molecular flexibility index (Phi) is 5.68. The summed E-state index contributed by atoms with van der Waals surface area (Å²) in [6.45, 7) is 6.03. The number of aryl methyl sites for hydroxylation is 1. The fraction of sp³-hybridized carbons (Fsp3) is 0.273. The van der Waals surface area contributed by atoms with E-state index in [-0.39, 0.29) is 24.3 Å². The summed E-state index contributed by atoms with van der Waals surface area (Å²) in [5.74, 6) is 0.728. The summed E-state index contributed by atoms with van der Waals surface area (Å²) >= 11 is 0. The van der Waals surface area contributed by atoms with Crippen molar-refractivity contribution in [2.45, 2.75) is 33.4 Å². The van der Waals surface area contributed by atoms with Crippen LogP contribution in [0.25, 0.3) is 6.08 Å². The van der Waals surface area contributed by atoms with Crippen molar-refractivity contribution in [1.29, 1.82) is 0 Å². The maximum absolute atomic E-state index is 12.8. The van der Waals surface area contributed by atoms with Crippen LogP contribution in [0.15, 0.2) is 48.2 Å². The second-order valence-corrected chi connectivity index (χ2v) is 6.91. The van der Waals surface area contributed by atoms with Crippen molar-refractivity contribution >= 4 is 18.0 Å². The molecule has 2 aromatic rings. The van der Waals surface area contributed by atoms with E-state index in [1.54, 1.807) is 19.3 Å². The molecule has 1 heterocycles. The van der Waals surface area contributed by atoms with E-state index in [4.69, 9.17) is 9.47 Å². The van der Waals surface area contributed by atoms with Crippen molar-refractivity contribution in [2.24, 2.45) is 0 Å². The Morgan fingerprint density at radius 2 is 1.82 bits per heavy atom. The summed E-state index contributed by atoms with van der Waals surface area (Å²) in [5, 5.41) is 2.65. The number of para-hydroxylation sites is 1. The first-order valence-electron chi connectivity index (χ1n) is 9.12. The van der Waals surface area contributed by atoms with E-state index < -0.39 is 6.03 Å². The van der Waals surface area contributed by atoms with Crippen molar-refractivity contribution in [3.8, 4) is 11.5 Å². The van der Waals surface area contributed by atoms with Gasteiger partial charge in [0, 0.05) is 5.56 Å². The Morgan fingerprint density at radius 3 is 2.46 bits per heavy atom. The van der Waals surface area contributed by atoms with Crippen molar-refractivity contribution in [3.05, 3.63) is 64.9 Å². The predicted molar refractivity (Wildman–Crippen MR) is 107 cm³/mol. The minimum Gasteiger partial charge on any atom is -0.493 e. The number of methoxy groups -OCH3 is 1. The molecular weight excluding hydrogens is 356 g/mol. The first kappa shape index (κ1) is 19.5. The molecule has 2 aromatic carbocycles. The molecule has 0 bridgehead atoms. The molecule has 0 radical (unpaired) electrons. The van der Waals surface area contributed by atoms with Gasteiger partial charge in [-0.2, -0.15) is 0 Å². The van der Waals surface area contributed by atoms with E-state index in [0.717, 1.165) is 11.1 Å². The summed E-state index contributed by atoms with van der Waals surface area (Å²) in [4.78, 5) is 26.3. The normalized spacial score (nSPS) is 15.3. The zero-order valence-corrected chi connectivity index (χ0v) is 16.5. The van der Waals surface area contributed by atoms with Crippen LogP contribution in [0.3, 0.4) is 0 Å². The van der Waals surface area contributed by atoms with Crippen LogP contribution >= 0.6 is 0 Å². The number of imide groups is 1. The largest absolute Gasteiger partial charge is 0.493 e. The molecule has 6 heteroatoms. The molecule has 146 valence electrons. The van der Waals surface area contributed by atoms with E-state index in [9.17, 15) is 9.59 Å². The maximum atomic E-state index is 12.8. The zero-order chi connectivity index (χ0) is 20.3. The number of nitrogens with one attached hydrogen (secondary N) is 1. The molecule has 1 saturated heterocycles. The third kappa shape index (κ3) is 4.17. The number of carbonyl (C=O) groups excluding carboxylic acids is 2. The minimum absolute atomic E-state index is 0.0691. The van der Waals surface area contributed by atoms with Crippen LogP contribution < -0.4 is 14.8 Å². The molecule has 0 saturated carbocycles. The highest BCUT2D eigenvalue weighted by Crippen LogP contribution is 2.34. The number of nitrogens with zero attached hydrogens (tertiary/aromatic N) is 1. The van der Waals surface area contributed by atoms with E-state index >= 15 is 0 Å². The molecule has 0 atom stereocenters. The van der Waals surface area contributed by atoms with Gasteiger partial charge in [0.15, 0.2) is 11.5 Å². The number of carbonyl (C=O) groups is 2. The number of rotatable bonds is 6. The first-order chi connectivity index (χ1) is 13.4. The van der Waals surface area contributed by atoms with Gasteiger partial charge >= 0.3 is 6.03 Å². The summed E-state index contributed by atoms with van der Waals surface area (Å²) in [6, 6.07) is 12.7. The molecule has 0 spiro atoms. The average Bonchev–Trinajstić information content (AvgIpc) is 2.92. The standard InChI is InChI=1S/C22H24N2O4/c1-14(2)28-20-17(6-5-7-19(20)27-4)12-18-21(25)24(22(26)23-18)13-16-10-8-15(3)9-11-16/h5-12,14H,13H2,1-4H3,(H,23,26)/b18-12+. The number of ether oxygens (including phenoxy) is 2. The molecule has 3 rings (SSSR count). The molecule has 1 aliphatic heterocycles. The molecular formula is C22H24N2O4. The molecule has 0 aromatic heterocycles. The van der Waals surface area contributed by atoms with Crippen LogP contribution in [0.2, 0.25) is 0 Å². The maximum Gasteiger partial charge on any atom is 0.329 e. The smallest absolute Gasteiger partial charge is 0.329 e. The average molecular weight is 380 g/mol. The van der Waals surface area contributed by atoms with Gasteiger partial charge in [-0.3, -0.25) is 9.69 Å². The van der Waals surface area contributed by atoms with Gasteiger partial charge in [-0.1, -0.05) is 42.0 Å². The van der Waals surface area contributed by atoms with E-state index in [1.165, 1.54) is 4.90 Å². The molecule has 0 unspecified atom stereocenters. The van der Waals surface area contributed by atoms with Gasteiger partial charge in [-0.15, -0.1) is 0 Å². The van der Waals surface area contributed by atoms with Crippen LogP contribution in [-0.2, 0) is 11.3 Å². The van der Waals surface area contributed by atoms with Crippen molar-refractivity contribution in [3.63, 3.8) is 0 Å². The summed E-state index contributed by atoms with van der Waals surface area (Å²) in [7, 11) is 1.56. The molecule has 0 aliphatic carbocycles. The Labute approximate surface area is 164 Å². The SMILES string of the molecule is COc1cccc(/C=C2/NC(=O)N(Cc3ccc(C)cc3)C2=O)c1OC(C)C. The number of amides is 3. The Bertz CT molecular complexity index is 917. The van der Waals surface area contributed by atoms with E-state index in [2.05, 4.69) is 5.32 Å². The van der Waals surface area contributed by atoms with Crippen molar-refractivity contribution in [2.75, 3.05) is 7.11 Å². The third-order valence-electron chi connectivity index (χ3n) is 4.31. The third-order valence-corrected chi connectivity index (χ3v) is 4.31. The molecule has 1 N–H and O–H groups in total. The van der Waals surface area contributed by atoms with Crippen LogP contribution in [-0.4, -0.2) is 30.1 Å². The highest BCUT2D eigenvalue weighted by atomic mass is 16.5. The van der Waals surface area contributed by atoms with E-state index in [0.29, 0.717) is 17.1 Å². The lowest BCUT2D eigenvalue weighted by Crippen LogP contribution is -2.30. The predicted octanol–water partition coefficient (Wildman–Crippen LogP) is 3.88. The lowest BCUT2D eigenvalue weighted by atomic mass is 10.1. The Balaban J connectivity index is 1.88. The summed E-state index contributed by atoms with van der Waals surface area (Å²) in [5.41, 5.74) is 2.88. The van der Waals surface area contributed by atoms with Gasteiger partial charge in [0.1, 0.15) is 5.70 Å². The van der Waals surface area contributed by atoms with Crippen LogP contribution in [0, 0.1) is 6.92 Å². The fourth-order valence-electron chi connectivity index (χ4n) is 2.92. The van der Waals surface area contributed by atoms with Gasteiger partial charge in [0.2, 0.25) is 0 Å². The molecule has 3 amide bonds. The molecule has 1 aliphatic rings. The fourth-order valence-corrected chi connectivity index (χ4v) is 2.92. The number of benzene rings is 2. The Morgan fingerprint density at radius 1 is 1.11 bits per heavy atom. The highest BCUT2D eigenvalue weighted by Gasteiger charge is 2.33. The van der Waals surface area contributed by atoms with Gasteiger partial charge in [-0.25, -0.2) is 4.79 Å². The second kappa shape index (κ2) is 8.17. The van der Waals surface area contributed by atoms with Crippen LogP contribution in [0.5, 0.6) is 11.5 Å². The van der Waals surface area contributed by atoms with Gasteiger partial charge < -0.3 is 14.8 Å². The number of urea groups is 1. The zero-order valence-electron chi connectivity index (χ0n) is 16.5. The molecule has 1 fully saturated rings. The van der Waals surface area contributed by atoms with E-state index in [1.807, 2.05) is 57.2 Å². The summed E-state index contributed by atoms with van der Waals surface area (Å²) in [6.07, 6.45) is 1.55. The van der Waals surface area contributed by atoms with Gasteiger partial charge in [-0.05, 0) is 38.5 Å². The number of hydrogen-bond donors (Lipinski definition) is 1. The number of hydrogen-bond acceptors (Lipinski definition) is 4. The Hall–Kier alpha value is -3.28. The first-order valence-corrected chi connectivity index (χ1v) is 9.12. The molecule has 6 nitrogen and oxygen atoms in total. The van der Waals surface area contributed by atoms with Crippen LogP contribution in [0.1, 0.15) is 30.5 Å². The summed E-state index contributed by atoms with van der Waals surface area (Å²) < 4.78 is 11.2. The van der Waals surface area contributed by atoms with Gasteiger partial charge in [0.25, 0.3) is 5.91 Å². The van der Waals surface area contributed by atoms with Crippen LogP contribution in [0.4, 0.5) is 4.79 Å². The monoisotopic (exact) mass is 380 g/mol. The van der Waals surface area contributed by atoms with Gasteiger partial charge in [0.05, 0.1) is 19.8 Å². The molecule has 28 heavy (non-hydrogen) atoms.